The van der Waals surface area contributed by atoms with Gasteiger partial charge < -0.3 is 10.1 Å². The summed E-state index contributed by atoms with van der Waals surface area (Å²) in [5.41, 5.74) is 1.88. The van der Waals surface area contributed by atoms with Crippen LogP contribution in [0.2, 0.25) is 0 Å². The Labute approximate surface area is 117 Å². The molecule has 0 unspecified atom stereocenters. The molecule has 108 valence electrons. The molecule has 0 saturated heterocycles. The molecular formula is C15H18F2N2O. The molecule has 2 rings (SSSR count). The van der Waals surface area contributed by atoms with E-state index in [4.69, 9.17) is 4.74 Å². The van der Waals surface area contributed by atoms with E-state index in [0.717, 1.165) is 23.9 Å². The Morgan fingerprint density at radius 1 is 1.30 bits per heavy atom. The number of benzene rings is 1. The van der Waals surface area contributed by atoms with E-state index in [0.29, 0.717) is 17.0 Å². The van der Waals surface area contributed by atoms with E-state index in [1.807, 2.05) is 19.9 Å². The third kappa shape index (κ3) is 2.81. The van der Waals surface area contributed by atoms with E-state index in [2.05, 4.69) is 10.3 Å². The molecule has 0 amide bonds. The molecule has 0 fully saturated rings. The molecule has 1 aromatic carbocycles. The lowest BCUT2D eigenvalue weighted by atomic mass is 10.1. The number of nitrogens with one attached hydrogen (secondary N) is 1. The highest BCUT2D eigenvalue weighted by Crippen LogP contribution is 2.32. The Kier molecular flexibility index (Phi) is 4.37. The van der Waals surface area contributed by atoms with Gasteiger partial charge in [0.25, 0.3) is 6.43 Å². The Balaban J connectivity index is 2.67. The normalized spacial score (nSPS) is 11.1. The van der Waals surface area contributed by atoms with Crippen LogP contribution in [0.4, 0.5) is 14.5 Å². The molecular weight excluding hydrogens is 262 g/mol. The van der Waals surface area contributed by atoms with Crippen molar-refractivity contribution in [1.29, 1.82) is 0 Å². The highest BCUT2D eigenvalue weighted by atomic mass is 19.3. The van der Waals surface area contributed by atoms with Crippen molar-refractivity contribution in [2.45, 2.75) is 26.7 Å². The first kappa shape index (κ1) is 14.5. The summed E-state index contributed by atoms with van der Waals surface area (Å²) in [6, 6.07) is 5.04. The van der Waals surface area contributed by atoms with Gasteiger partial charge in [-0.05, 0) is 37.1 Å². The number of pyridine rings is 1. The summed E-state index contributed by atoms with van der Waals surface area (Å²) >= 11 is 0. The fourth-order valence-electron chi connectivity index (χ4n) is 2.12. The number of hydrogen-bond acceptors (Lipinski definition) is 3. The highest BCUT2D eigenvalue weighted by molar-refractivity contribution is 5.94. The van der Waals surface area contributed by atoms with Gasteiger partial charge in [-0.3, -0.25) is 0 Å². The zero-order valence-corrected chi connectivity index (χ0v) is 11.8. The van der Waals surface area contributed by atoms with Gasteiger partial charge in [-0.15, -0.1) is 0 Å². The summed E-state index contributed by atoms with van der Waals surface area (Å²) in [5.74, 6) is 0.696. The molecule has 0 spiro atoms. The number of methoxy groups -OCH3 is 1. The lowest BCUT2D eigenvalue weighted by molar-refractivity contribution is 0.146. The summed E-state index contributed by atoms with van der Waals surface area (Å²) in [4.78, 5) is 4.07. The molecule has 2 aromatic rings. The van der Waals surface area contributed by atoms with Crippen LogP contribution in [-0.2, 0) is 0 Å². The summed E-state index contributed by atoms with van der Waals surface area (Å²) in [5, 5.41) is 3.99. The Hall–Kier alpha value is -1.91. The third-order valence-electron chi connectivity index (χ3n) is 3.12. The summed E-state index contributed by atoms with van der Waals surface area (Å²) < 4.78 is 31.2. The summed E-state index contributed by atoms with van der Waals surface area (Å²) in [6.45, 7) is 4.59. The zero-order valence-electron chi connectivity index (χ0n) is 11.8. The lowest BCUT2D eigenvalue weighted by Gasteiger charge is -2.14. The van der Waals surface area contributed by atoms with Crippen molar-refractivity contribution in [2.24, 2.45) is 0 Å². The number of ether oxygens (including phenoxy) is 1. The number of fused-ring (bicyclic) bond motifs is 1. The number of aryl methyl sites for hydroxylation is 1. The van der Waals surface area contributed by atoms with Crippen LogP contribution in [0.3, 0.4) is 0 Å². The van der Waals surface area contributed by atoms with Gasteiger partial charge in [0.05, 0.1) is 12.6 Å². The SMILES string of the molecule is CCCNc1cc(C(F)F)nc2c(C)cc(OC)cc12. The number of nitrogens with zero attached hydrogens (tertiary/aromatic N) is 1. The van der Waals surface area contributed by atoms with Crippen LogP contribution in [0.15, 0.2) is 18.2 Å². The second-order valence-electron chi connectivity index (χ2n) is 4.66. The molecule has 1 heterocycles. The van der Waals surface area contributed by atoms with Crippen molar-refractivity contribution in [3.8, 4) is 5.75 Å². The average Bonchev–Trinajstić information content (AvgIpc) is 2.44. The topological polar surface area (TPSA) is 34.2 Å². The predicted octanol–water partition coefficient (Wildman–Crippen LogP) is 4.31. The monoisotopic (exact) mass is 280 g/mol. The maximum absolute atomic E-state index is 13.0. The van der Waals surface area contributed by atoms with E-state index >= 15 is 0 Å². The predicted molar refractivity (Wildman–Crippen MR) is 76.8 cm³/mol. The third-order valence-corrected chi connectivity index (χ3v) is 3.12. The molecule has 20 heavy (non-hydrogen) atoms. The maximum Gasteiger partial charge on any atom is 0.280 e. The van der Waals surface area contributed by atoms with E-state index in [9.17, 15) is 8.78 Å². The second-order valence-corrected chi connectivity index (χ2v) is 4.66. The second kappa shape index (κ2) is 6.03. The number of anilines is 1. The Morgan fingerprint density at radius 2 is 2.05 bits per heavy atom. The van der Waals surface area contributed by atoms with Gasteiger partial charge in [-0.1, -0.05) is 6.92 Å². The number of rotatable bonds is 5. The minimum atomic E-state index is -2.58. The number of alkyl halides is 2. The van der Waals surface area contributed by atoms with E-state index in [-0.39, 0.29) is 5.69 Å². The first-order valence-electron chi connectivity index (χ1n) is 6.58. The van der Waals surface area contributed by atoms with Crippen molar-refractivity contribution in [3.63, 3.8) is 0 Å². The molecule has 0 saturated carbocycles. The van der Waals surface area contributed by atoms with Crippen molar-refractivity contribution in [3.05, 3.63) is 29.5 Å². The van der Waals surface area contributed by atoms with Crippen LogP contribution in [0.5, 0.6) is 5.75 Å². The number of hydrogen-bond donors (Lipinski definition) is 1. The van der Waals surface area contributed by atoms with Crippen LogP contribution in [-0.4, -0.2) is 18.6 Å². The molecule has 0 atom stereocenters. The van der Waals surface area contributed by atoms with Crippen molar-refractivity contribution in [1.82, 2.24) is 4.98 Å². The molecule has 5 heteroatoms. The minimum Gasteiger partial charge on any atom is -0.497 e. The van der Waals surface area contributed by atoms with Gasteiger partial charge in [0.1, 0.15) is 11.4 Å². The van der Waals surface area contributed by atoms with E-state index in [1.54, 1.807) is 13.2 Å². The van der Waals surface area contributed by atoms with E-state index < -0.39 is 6.43 Å². The number of aromatic nitrogens is 1. The van der Waals surface area contributed by atoms with Gasteiger partial charge in [0.2, 0.25) is 0 Å². The van der Waals surface area contributed by atoms with Gasteiger partial charge in [0, 0.05) is 17.6 Å². The van der Waals surface area contributed by atoms with E-state index in [1.165, 1.54) is 6.07 Å². The minimum absolute atomic E-state index is 0.204. The van der Waals surface area contributed by atoms with Gasteiger partial charge >= 0.3 is 0 Å². The molecule has 3 nitrogen and oxygen atoms in total. The average molecular weight is 280 g/mol. The molecule has 0 aliphatic rings. The summed E-state index contributed by atoms with van der Waals surface area (Å²) in [6.07, 6.45) is -1.67. The smallest absolute Gasteiger partial charge is 0.280 e. The summed E-state index contributed by atoms with van der Waals surface area (Å²) in [7, 11) is 1.58. The van der Waals surface area contributed by atoms with Gasteiger partial charge in [0.15, 0.2) is 0 Å². The Bertz CT molecular complexity index is 614. The largest absolute Gasteiger partial charge is 0.497 e. The number of halogens is 2. The molecule has 1 N–H and O–H groups in total. The van der Waals surface area contributed by atoms with Gasteiger partial charge in [-0.2, -0.15) is 0 Å². The molecule has 0 radical (unpaired) electrons. The standard InChI is InChI=1S/C15H18F2N2O/c1-4-5-18-12-8-13(15(16)17)19-14-9(2)6-10(20-3)7-11(12)14/h6-8,15H,4-5H2,1-3H3,(H,18,19). The molecule has 0 aliphatic heterocycles. The Morgan fingerprint density at radius 3 is 2.65 bits per heavy atom. The van der Waals surface area contributed by atoms with Crippen LogP contribution in [0, 0.1) is 6.92 Å². The quantitative estimate of drug-likeness (QED) is 0.886. The molecule has 1 aromatic heterocycles. The van der Waals surface area contributed by atoms with Crippen LogP contribution in [0.25, 0.3) is 10.9 Å². The van der Waals surface area contributed by atoms with Crippen molar-refractivity contribution >= 4 is 16.6 Å². The fourth-order valence-corrected chi connectivity index (χ4v) is 2.12. The van der Waals surface area contributed by atoms with Gasteiger partial charge in [-0.25, -0.2) is 13.8 Å². The highest BCUT2D eigenvalue weighted by Gasteiger charge is 2.15. The molecule has 0 aliphatic carbocycles. The maximum atomic E-state index is 13.0. The molecule has 0 bridgehead atoms. The zero-order chi connectivity index (χ0) is 14.7. The van der Waals surface area contributed by atoms with Crippen molar-refractivity contribution < 1.29 is 13.5 Å². The van der Waals surface area contributed by atoms with Crippen LogP contribution < -0.4 is 10.1 Å². The fraction of sp³-hybridized carbons (Fsp3) is 0.400. The van der Waals surface area contributed by atoms with Crippen LogP contribution >= 0.6 is 0 Å². The van der Waals surface area contributed by atoms with Crippen molar-refractivity contribution in [2.75, 3.05) is 19.0 Å². The first-order chi connectivity index (χ1) is 9.56. The van der Waals surface area contributed by atoms with Crippen LogP contribution in [0.1, 0.15) is 31.0 Å². The first-order valence-corrected chi connectivity index (χ1v) is 6.58. The lowest BCUT2D eigenvalue weighted by Crippen LogP contribution is -2.04.